The SMILES string of the molecule is OCCn1ccc(OCC2CC2)n1. The molecule has 13 heavy (non-hydrogen) atoms. The van der Waals surface area contributed by atoms with Crippen LogP contribution in [0.25, 0.3) is 0 Å². The van der Waals surface area contributed by atoms with Crippen molar-refractivity contribution < 1.29 is 9.84 Å². The molecular weight excluding hydrogens is 168 g/mol. The van der Waals surface area contributed by atoms with Crippen molar-refractivity contribution in [1.82, 2.24) is 9.78 Å². The third-order valence-electron chi connectivity index (χ3n) is 2.11. The van der Waals surface area contributed by atoms with Crippen molar-refractivity contribution in [1.29, 1.82) is 0 Å². The maximum absolute atomic E-state index is 8.66. The molecule has 1 saturated carbocycles. The van der Waals surface area contributed by atoms with E-state index in [1.54, 1.807) is 4.68 Å². The molecule has 1 aliphatic carbocycles. The Bertz CT molecular complexity index is 268. The predicted octanol–water partition coefficient (Wildman–Crippen LogP) is 0.664. The number of hydrogen-bond donors (Lipinski definition) is 1. The Labute approximate surface area is 77.1 Å². The molecule has 4 heteroatoms. The number of aliphatic hydroxyl groups excluding tert-OH is 1. The molecule has 2 rings (SSSR count). The van der Waals surface area contributed by atoms with Gasteiger partial charge in [-0.3, -0.25) is 4.68 Å². The molecule has 0 unspecified atom stereocenters. The standard InChI is InChI=1S/C9H14N2O2/c12-6-5-11-4-3-9(10-11)13-7-8-1-2-8/h3-4,8,12H,1-2,5-7H2. The Hall–Kier alpha value is -1.03. The van der Waals surface area contributed by atoms with Gasteiger partial charge in [0.2, 0.25) is 5.88 Å². The summed E-state index contributed by atoms with van der Waals surface area (Å²) < 4.78 is 7.13. The number of hydrogen-bond acceptors (Lipinski definition) is 3. The van der Waals surface area contributed by atoms with E-state index in [0.717, 1.165) is 12.5 Å². The molecule has 0 atom stereocenters. The average molecular weight is 182 g/mol. The molecule has 1 N–H and O–H groups in total. The molecule has 0 amide bonds. The molecule has 1 aromatic heterocycles. The number of nitrogens with zero attached hydrogens (tertiary/aromatic N) is 2. The van der Waals surface area contributed by atoms with Gasteiger partial charge >= 0.3 is 0 Å². The highest BCUT2D eigenvalue weighted by molar-refractivity contribution is 5.05. The highest BCUT2D eigenvalue weighted by Crippen LogP contribution is 2.29. The minimum Gasteiger partial charge on any atom is -0.476 e. The van der Waals surface area contributed by atoms with Crippen LogP contribution in [0.5, 0.6) is 5.88 Å². The fraction of sp³-hybridized carbons (Fsp3) is 0.667. The smallest absolute Gasteiger partial charge is 0.232 e. The van der Waals surface area contributed by atoms with Gasteiger partial charge in [0.15, 0.2) is 0 Å². The molecular formula is C9H14N2O2. The Morgan fingerprint density at radius 3 is 3.15 bits per heavy atom. The van der Waals surface area contributed by atoms with Crippen molar-refractivity contribution in [2.45, 2.75) is 19.4 Å². The van der Waals surface area contributed by atoms with Crippen molar-refractivity contribution in [3.63, 3.8) is 0 Å². The van der Waals surface area contributed by atoms with Crippen LogP contribution in [0.15, 0.2) is 12.3 Å². The van der Waals surface area contributed by atoms with Crippen molar-refractivity contribution in [2.24, 2.45) is 5.92 Å². The Morgan fingerprint density at radius 1 is 1.62 bits per heavy atom. The van der Waals surface area contributed by atoms with E-state index in [2.05, 4.69) is 5.10 Å². The summed E-state index contributed by atoms with van der Waals surface area (Å²) in [5.74, 6) is 1.42. The molecule has 0 bridgehead atoms. The van der Waals surface area contributed by atoms with Gasteiger partial charge in [0.05, 0.1) is 19.8 Å². The van der Waals surface area contributed by atoms with E-state index in [1.165, 1.54) is 12.8 Å². The molecule has 0 radical (unpaired) electrons. The lowest BCUT2D eigenvalue weighted by atomic mass is 10.5. The predicted molar refractivity (Wildman–Crippen MR) is 47.5 cm³/mol. The second kappa shape index (κ2) is 3.79. The van der Waals surface area contributed by atoms with Gasteiger partial charge in [-0.25, -0.2) is 0 Å². The Kier molecular flexibility index (Phi) is 2.49. The zero-order chi connectivity index (χ0) is 9.10. The minimum absolute atomic E-state index is 0.115. The maximum atomic E-state index is 8.66. The Morgan fingerprint density at radius 2 is 2.46 bits per heavy atom. The van der Waals surface area contributed by atoms with Crippen LogP contribution in [0.2, 0.25) is 0 Å². The van der Waals surface area contributed by atoms with Gasteiger partial charge < -0.3 is 9.84 Å². The third-order valence-corrected chi connectivity index (χ3v) is 2.11. The maximum Gasteiger partial charge on any atom is 0.232 e. The van der Waals surface area contributed by atoms with Crippen LogP contribution in [-0.4, -0.2) is 28.1 Å². The van der Waals surface area contributed by atoms with E-state index in [1.807, 2.05) is 12.3 Å². The first-order valence-corrected chi connectivity index (χ1v) is 4.65. The van der Waals surface area contributed by atoms with Crippen LogP contribution in [0.4, 0.5) is 0 Å². The quantitative estimate of drug-likeness (QED) is 0.727. The van der Waals surface area contributed by atoms with Crippen LogP contribution in [0.1, 0.15) is 12.8 Å². The first-order chi connectivity index (χ1) is 6.38. The summed E-state index contributed by atoms with van der Waals surface area (Å²) in [6, 6.07) is 1.83. The van der Waals surface area contributed by atoms with Gasteiger partial charge in [0.25, 0.3) is 0 Å². The number of aliphatic hydroxyl groups is 1. The molecule has 1 aliphatic rings. The fourth-order valence-electron chi connectivity index (χ4n) is 1.13. The second-order valence-corrected chi connectivity index (χ2v) is 3.40. The largest absolute Gasteiger partial charge is 0.476 e. The topological polar surface area (TPSA) is 47.3 Å². The zero-order valence-electron chi connectivity index (χ0n) is 7.52. The van der Waals surface area contributed by atoms with Crippen LogP contribution in [-0.2, 0) is 6.54 Å². The molecule has 72 valence electrons. The fourth-order valence-corrected chi connectivity index (χ4v) is 1.13. The number of aromatic nitrogens is 2. The summed E-state index contributed by atoms with van der Waals surface area (Å²) in [4.78, 5) is 0. The summed E-state index contributed by atoms with van der Waals surface area (Å²) in [5.41, 5.74) is 0. The van der Waals surface area contributed by atoms with Crippen molar-refractivity contribution in [3.05, 3.63) is 12.3 Å². The molecule has 4 nitrogen and oxygen atoms in total. The first kappa shape index (κ1) is 8.56. The first-order valence-electron chi connectivity index (χ1n) is 4.65. The van der Waals surface area contributed by atoms with E-state index in [0.29, 0.717) is 12.4 Å². The highest BCUT2D eigenvalue weighted by Gasteiger charge is 2.22. The van der Waals surface area contributed by atoms with E-state index >= 15 is 0 Å². The minimum atomic E-state index is 0.115. The second-order valence-electron chi connectivity index (χ2n) is 3.40. The van der Waals surface area contributed by atoms with Gasteiger partial charge in [-0.15, -0.1) is 5.10 Å². The zero-order valence-corrected chi connectivity index (χ0v) is 7.52. The van der Waals surface area contributed by atoms with Gasteiger partial charge in [-0.1, -0.05) is 0 Å². The molecule has 1 aromatic rings. The van der Waals surface area contributed by atoms with Gasteiger partial charge in [0, 0.05) is 12.3 Å². The Balaban J connectivity index is 1.81. The van der Waals surface area contributed by atoms with Crippen LogP contribution in [0, 0.1) is 5.92 Å². The van der Waals surface area contributed by atoms with Gasteiger partial charge in [-0.2, -0.15) is 0 Å². The number of ether oxygens (including phenoxy) is 1. The van der Waals surface area contributed by atoms with Crippen molar-refractivity contribution in [3.8, 4) is 5.88 Å². The van der Waals surface area contributed by atoms with E-state index in [-0.39, 0.29) is 6.61 Å². The van der Waals surface area contributed by atoms with Crippen LogP contribution in [0.3, 0.4) is 0 Å². The third kappa shape index (κ3) is 2.45. The lowest BCUT2D eigenvalue weighted by Crippen LogP contribution is -2.04. The summed E-state index contributed by atoms with van der Waals surface area (Å²) >= 11 is 0. The molecule has 0 saturated heterocycles. The normalized spacial score (nSPS) is 16.1. The summed E-state index contributed by atoms with van der Waals surface area (Å²) in [5, 5.41) is 12.8. The highest BCUT2D eigenvalue weighted by atomic mass is 16.5. The van der Waals surface area contributed by atoms with Crippen molar-refractivity contribution >= 4 is 0 Å². The van der Waals surface area contributed by atoms with Crippen LogP contribution >= 0.6 is 0 Å². The molecule has 0 aliphatic heterocycles. The lowest BCUT2D eigenvalue weighted by molar-refractivity contribution is 0.259. The number of rotatable bonds is 5. The van der Waals surface area contributed by atoms with Gasteiger partial charge in [0.1, 0.15) is 0 Å². The molecule has 0 aromatic carbocycles. The van der Waals surface area contributed by atoms with E-state index in [4.69, 9.17) is 9.84 Å². The summed E-state index contributed by atoms with van der Waals surface area (Å²) in [6.45, 7) is 1.44. The lowest BCUT2D eigenvalue weighted by Gasteiger charge is -1.99. The van der Waals surface area contributed by atoms with Gasteiger partial charge in [-0.05, 0) is 18.8 Å². The van der Waals surface area contributed by atoms with Crippen LogP contribution < -0.4 is 4.74 Å². The molecule has 0 spiro atoms. The summed E-state index contributed by atoms with van der Waals surface area (Å²) in [6.07, 6.45) is 4.40. The molecule has 1 fully saturated rings. The summed E-state index contributed by atoms with van der Waals surface area (Å²) in [7, 11) is 0. The monoisotopic (exact) mass is 182 g/mol. The molecule has 1 heterocycles. The van der Waals surface area contributed by atoms with Crippen molar-refractivity contribution in [2.75, 3.05) is 13.2 Å². The van der Waals surface area contributed by atoms with E-state index < -0.39 is 0 Å². The van der Waals surface area contributed by atoms with E-state index in [9.17, 15) is 0 Å². The average Bonchev–Trinajstić information content (AvgIpc) is 2.85.